The van der Waals surface area contributed by atoms with Crippen molar-refractivity contribution in [2.24, 2.45) is 17.2 Å². The van der Waals surface area contributed by atoms with E-state index in [0.29, 0.717) is 32.2 Å². The fraction of sp³-hybridized carbons (Fsp3) is 0.737. The predicted octanol–water partition coefficient (Wildman–Crippen LogP) is -3.26. The molecule has 1 aliphatic heterocycles. The van der Waals surface area contributed by atoms with Crippen molar-refractivity contribution in [2.45, 2.75) is 75.7 Å². The summed E-state index contributed by atoms with van der Waals surface area (Å²) in [6.07, 6.45) is 0.509. The first-order chi connectivity index (χ1) is 15.0. The predicted molar refractivity (Wildman–Crippen MR) is 113 cm³/mol. The molecule has 0 saturated carbocycles. The molecule has 5 unspecified atom stereocenters. The molecule has 13 nitrogen and oxygen atoms in total. The number of carbonyl (C=O) groups excluding carboxylic acids is 4. The van der Waals surface area contributed by atoms with Crippen LogP contribution in [0.2, 0.25) is 0 Å². The van der Waals surface area contributed by atoms with Crippen LogP contribution in [-0.4, -0.2) is 88.1 Å². The monoisotopic (exact) mass is 458 g/mol. The summed E-state index contributed by atoms with van der Waals surface area (Å²) in [5.41, 5.74) is 16.3. The zero-order valence-electron chi connectivity index (χ0n) is 18.2. The van der Waals surface area contributed by atoms with Crippen LogP contribution in [0.5, 0.6) is 0 Å². The molecule has 1 aliphatic rings. The van der Waals surface area contributed by atoms with Gasteiger partial charge in [0.15, 0.2) is 0 Å². The van der Waals surface area contributed by atoms with E-state index in [-0.39, 0.29) is 13.0 Å². The van der Waals surface area contributed by atoms with Crippen molar-refractivity contribution in [1.82, 2.24) is 15.5 Å². The standard InChI is InChI=1S/C19H34N6O7/c1-10(26)15(24-16(28)11(21)5-2-3-7-20)18(30)25-8-4-6-13(25)17(29)23-12(19(31)32)9-14(22)27/h10-13,15,26H,2-9,20-21H2,1H3,(H2,22,27)(H,23,29)(H,24,28)(H,31,32). The van der Waals surface area contributed by atoms with Gasteiger partial charge in [-0.15, -0.1) is 0 Å². The van der Waals surface area contributed by atoms with E-state index in [2.05, 4.69) is 10.6 Å². The summed E-state index contributed by atoms with van der Waals surface area (Å²) < 4.78 is 0. The molecule has 10 N–H and O–H groups in total. The van der Waals surface area contributed by atoms with Crippen LogP contribution < -0.4 is 27.8 Å². The summed E-state index contributed by atoms with van der Waals surface area (Å²) in [5, 5.41) is 23.9. The summed E-state index contributed by atoms with van der Waals surface area (Å²) in [6.45, 7) is 1.96. The molecule has 1 fully saturated rings. The van der Waals surface area contributed by atoms with Crippen molar-refractivity contribution in [1.29, 1.82) is 0 Å². The van der Waals surface area contributed by atoms with Crippen LogP contribution in [0, 0.1) is 0 Å². The second-order valence-electron chi connectivity index (χ2n) is 7.88. The molecular formula is C19H34N6O7. The Hall–Kier alpha value is -2.77. The lowest BCUT2D eigenvalue weighted by atomic mass is 10.1. The molecule has 0 radical (unpaired) electrons. The molecular weight excluding hydrogens is 424 g/mol. The number of aliphatic hydroxyl groups is 1. The van der Waals surface area contributed by atoms with Gasteiger partial charge in [-0.1, -0.05) is 6.42 Å². The number of carbonyl (C=O) groups is 5. The minimum absolute atomic E-state index is 0.173. The number of hydrogen-bond acceptors (Lipinski definition) is 8. The van der Waals surface area contributed by atoms with E-state index in [1.54, 1.807) is 0 Å². The highest BCUT2D eigenvalue weighted by Crippen LogP contribution is 2.20. The fourth-order valence-electron chi connectivity index (χ4n) is 3.44. The number of amides is 4. The quantitative estimate of drug-likeness (QED) is 0.137. The zero-order chi connectivity index (χ0) is 24.4. The maximum absolute atomic E-state index is 13.0. The Morgan fingerprint density at radius 3 is 2.34 bits per heavy atom. The molecule has 0 spiro atoms. The van der Waals surface area contributed by atoms with E-state index in [1.165, 1.54) is 11.8 Å². The van der Waals surface area contributed by atoms with Crippen molar-refractivity contribution in [3.63, 3.8) is 0 Å². The van der Waals surface area contributed by atoms with Gasteiger partial charge in [-0.2, -0.15) is 0 Å². The van der Waals surface area contributed by atoms with E-state index in [0.717, 1.165) is 0 Å². The van der Waals surface area contributed by atoms with Crippen molar-refractivity contribution in [3.05, 3.63) is 0 Å². The molecule has 0 aromatic rings. The van der Waals surface area contributed by atoms with Crippen LogP contribution >= 0.6 is 0 Å². The summed E-state index contributed by atoms with van der Waals surface area (Å²) in [4.78, 5) is 61.5. The normalized spacial score (nSPS) is 19.5. The van der Waals surface area contributed by atoms with Crippen LogP contribution in [0.4, 0.5) is 0 Å². The van der Waals surface area contributed by atoms with Gasteiger partial charge in [0.2, 0.25) is 23.6 Å². The first-order valence-electron chi connectivity index (χ1n) is 10.6. The van der Waals surface area contributed by atoms with Gasteiger partial charge in [0.05, 0.1) is 18.6 Å². The first-order valence-corrected chi connectivity index (χ1v) is 10.6. The lowest BCUT2D eigenvalue weighted by Gasteiger charge is -2.31. The molecule has 0 aromatic heterocycles. The minimum atomic E-state index is -1.53. The third-order valence-corrected chi connectivity index (χ3v) is 5.21. The van der Waals surface area contributed by atoms with E-state index in [9.17, 15) is 34.2 Å². The van der Waals surface area contributed by atoms with Crippen molar-refractivity contribution in [3.8, 4) is 0 Å². The third kappa shape index (κ3) is 8.05. The van der Waals surface area contributed by atoms with Gasteiger partial charge in [-0.3, -0.25) is 19.2 Å². The molecule has 0 aliphatic carbocycles. The van der Waals surface area contributed by atoms with Crippen molar-refractivity contribution in [2.75, 3.05) is 13.1 Å². The Labute approximate surface area is 186 Å². The number of aliphatic hydroxyl groups excluding tert-OH is 1. The summed E-state index contributed by atoms with van der Waals surface area (Å²) in [6, 6.07) is -4.78. The maximum Gasteiger partial charge on any atom is 0.326 e. The van der Waals surface area contributed by atoms with E-state index in [1.807, 2.05) is 0 Å². The second-order valence-corrected chi connectivity index (χ2v) is 7.88. The van der Waals surface area contributed by atoms with Gasteiger partial charge in [0.1, 0.15) is 18.1 Å². The van der Waals surface area contributed by atoms with Crippen molar-refractivity contribution >= 4 is 29.6 Å². The van der Waals surface area contributed by atoms with E-state index in [4.69, 9.17) is 17.2 Å². The number of nitrogens with one attached hydrogen (secondary N) is 2. The van der Waals surface area contributed by atoms with Gasteiger partial charge in [-0.05, 0) is 39.2 Å². The summed E-state index contributed by atoms with van der Waals surface area (Å²) in [5.74, 6) is -4.42. The highest BCUT2D eigenvalue weighted by molar-refractivity contribution is 5.95. The van der Waals surface area contributed by atoms with Gasteiger partial charge in [0.25, 0.3) is 0 Å². The molecule has 5 atom stereocenters. The van der Waals surface area contributed by atoms with Crippen LogP contribution in [0.3, 0.4) is 0 Å². The van der Waals surface area contributed by atoms with Gasteiger partial charge >= 0.3 is 5.97 Å². The van der Waals surface area contributed by atoms with Crippen LogP contribution in [0.15, 0.2) is 0 Å². The summed E-state index contributed by atoms with van der Waals surface area (Å²) in [7, 11) is 0. The SMILES string of the molecule is CC(O)C(NC(=O)C(N)CCCCN)C(=O)N1CCCC1C(=O)NC(CC(N)=O)C(=O)O. The number of nitrogens with two attached hydrogens (primary N) is 3. The van der Waals surface area contributed by atoms with Gasteiger partial charge in [-0.25, -0.2) is 4.79 Å². The number of aliphatic carboxylic acids is 1. The largest absolute Gasteiger partial charge is 0.480 e. The van der Waals surface area contributed by atoms with Gasteiger partial charge < -0.3 is 42.9 Å². The van der Waals surface area contributed by atoms with E-state index < -0.39 is 66.3 Å². The number of carboxylic acids is 1. The smallest absolute Gasteiger partial charge is 0.326 e. The number of rotatable bonds is 13. The number of unbranched alkanes of at least 4 members (excludes halogenated alkanes) is 1. The number of likely N-dealkylation sites (tertiary alicyclic amines) is 1. The lowest BCUT2D eigenvalue weighted by Crippen LogP contribution is -2.59. The highest BCUT2D eigenvalue weighted by Gasteiger charge is 2.40. The van der Waals surface area contributed by atoms with Crippen LogP contribution in [-0.2, 0) is 24.0 Å². The molecule has 4 amide bonds. The number of carboxylic acid groups (broad SMARTS) is 1. The Morgan fingerprint density at radius 2 is 1.81 bits per heavy atom. The molecule has 32 heavy (non-hydrogen) atoms. The van der Waals surface area contributed by atoms with Gasteiger partial charge in [0, 0.05) is 6.54 Å². The average molecular weight is 459 g/mol. The number of hydrogen-bond donors (Lipinski definition) is 7. The minimum Gasteiger partial charge on any atom is -0.480 e. The molecule has 0 aromatic carbocycles. The first kappa shape index (κ1) is 27.3. The topological polar surface area (TPSA) is 231 Å². The van der Waals surface area contributed by atoms with Crippen LogP contribution in [0.25, 0.3) is 0 Å². The second kappa shape index (κ2) is 12.9. The average Bonchev–Trinajstić information content (AvgIpc) is 3.20. The molecule has 1 saturated heterocycles. The lowest BCUT2D eigenvalue weighted by molar-refractivity contribution is -0.146. The Kier molecular flexibility index (Phi) is 11.0. The summed E-state index contributed by atoms with van der Waals surface area (Å²) >= 11 is 0. The fourth-order valence-corrected chi connectivity index (χ4v) is 3.44. The molecule has 1 heterocycles. The number of nitrogens with zero attached hydrogens (tertiary/aromatic N) is 1. The maximum atomic E-state index is 13.0. The Balaban J connectivity index is 2.86. The van der Waals surface area contributed by atoms with Crippen LogP contribution in [0.1, 0.15) is 45.4 Å². The molecule has 1 rings (SSSR count). The molecule has 13 heteroatoms. The number of primary amides is 1. The highest BCUT2D eigenvalue weighted by atomic mass is 16.4. The Bertz CT molecular complexity index is 702. The van der Waals surface area contributed by atoms with Crippen molar-refractivity contribution < 1.29 is 34.2 Å². The molecule has 182 valence electrons. The third-order valence-electron chi connectivity index (χ3n) is 5.21. The Morgan fingerprint density at radius 1 is 1.16 bits per heavy atom. The zero-order valence-corrected chi connectivity index (χ0v) is 18.2. The molecule has 0 bridgehead atoms. The van der Waals surface area contributed by atoms with E-state index >= 15 is 0 Å².